The monoisotopic (exact) mass is 296 g/mol. The number of hydrogen-bond acceptors (Lipinski definition) is 2. The highest BCUT2D eigenvalue weighted by atomic mass is 16.5. The average Bonchev–Trinajstić information content (AvgIpc) is 3.04. The maximum Gasteiger partial charge on any atom is 0.257 e. The molecular weight excluding hydrogens is 276 g/mol. The number of hydrogen-bond donors (Lipinski definition) is 1. The van der Waals surface area contributed by atoms with E-state index in [0.29, 0.717) is 16.8 Å². The first kappa shape index (κ1) is 14.6. The number of nitrogens with one attached hydrogen (secondary N) is 1. The van der Waals surface area contributed by atoms with Crippen LogP contribution in [0.15, 0.2) is 54.9 Å². The fourth-order valence-electron chi connectivity index (χ4n) is 3.35. The third kappa shape index (κ3) is 2.96. The van der Waals surface area contributed by atoms with Crippen LogP contribution < -0.4 is 10.0 Å². The van der Waals surface area contributed by atoms with Crippen LogP contribution >= 0.6 is 0 Å². The van der Waals surface area contributed by atoms with E-state index in [1.807, 2.05) is 6.07 Å². The SMILES string of the molecule is O=C(NCC1(c2ccccc2)CCCC1)c1ccc[n+]([O-])c1. The van der Waals surface area contributed by atoms with Gasteiger partial charge in [0.05, 0.1) is 0 Å². The Bertz CT molecular complexity index is 649. The van der Waals surface area contributed by atoms with Gasteiger partial charge in [-0.05, 0) is 24.5 Å². The zero-order valence-electron chi connectivity index (χ0n) is 12.5. The smallest absolute Gasteiger partial charge is 0.257 e. The predicted molar refractivity (Wildman–Crippen MR) is 84.3 cm³/mol. The molecule has 2 aromatic rings. The molecule has 0 spiro atoms. The van der Waals surface area contributed by atoms with Crippen LogP contribution in [0.3, 0.4) is 0 Å². The van der Waals surface area contributed by atoms with Crippen LogP contribution in [0.1, 0.15) is 41.6 Å². The maximum atomic E-state index is 12.3. The van der Waals surface area contributed by atoms with E-state index in [2.05, 4.69) is 29.6 Å². The lowest BCUT2D eigenvalue weighted by molar-refractivity contribution is -0.605. The molecule has 1 heterocycles. The first-order chi connectivity index (χ1) is 10.7. The van der Waals surface area contributed by atoms with Gasteiger partial charge < -0.3 is 10.5 Å². The predicted octanol–water partition coefficient (Wildman–Crippen LogP) is 2.56. The first-order valence-corrected chi connectivity index (χ1v) is 7.72. The van der Waals surface area contributed by atoms with Crippen molar-refractivity contribution in [1.29, 1.82) is 0 Å². The van der Waals surface area contributed by atoms with Gasteiger partial charge in [0.25, 0.3) is 5.91 Å². The van der Waals surface area contributed by atoms with E-state index in [1.54, 1.807) is 12.1 Å². The zero-order chi connectivity index (χ0) is 15.4. The number of aromatic nitrogens is 1. The van der Waals surface area contributed by atoms with E-state index in [9.17, 15) is 10.0 Å². The minimum Gasteiger partial charge on any atom is -0.619 e. The Balaban J connectivity index is 1.74. The molecule has 0 atom stereocenters. The van der Waals surface area contributed by atoms with Gasteiger partial charge in [-0.2, -0.15) is 4.73 Å². The summed E-state index contributed by atoms with van der Waals surface area (Å²) < 4.78 is 0.650. The summed E-state index contributed by atoms with van der Waals surface area (Å²) in [7, 11) is 0. The normalized spacial score (nSPS) is 16.4. The number of benzene rings is 1. The van der Waals surface area contributed by atoms with Gasteiger partial charge in [0.1, 0.15) is 5.56 Å². The minimum absolute atomic E-state index is 0.0269. The third-order valence-electron chi connectivity index (χ3n) is 4.57. The molecule has 1 aliphatic rings. The van der Waals surface area contributed by atoms with Crippen molar-refractivity contribution in [2.45, 2.75) is 31.1 Å². The van der Waals surface area contributed by atoms with Gasteiger partial charge >= 0.3 is 0 Å². The van der Waals surface area contributed by atoms with E-state index in [0.717, 1.165) is 12.8 Å². The van der Waals surface area contributed by atoms with Crippen LogP contribution in [0.4, 0.5) is 0 Å². The quantitative estimate of drug-likeness (QED) is 0.696. The van der Waals surface area contributed by atoms with E-state index in [-0.39, 0.29) is 11.3 Å². The van der Waals surface area contributed by atoms with E-state index >= 15 is 0 Å². The number of nitrogens with zero attached hydrogens (tertiary/aromatic N) is 1. The standard InChI is InChI=1S/C18H20N2O2/c21-17(15-7-6-12-20(22)13-15)19-14-18(10-4-5-11-18)16-8-2-1-3-9-16/h1-3,6-9,12-13H,4-5,10-11,14H2,(H,19,21). The zero-order valence-corrected chi connectivity index (χ0v) is 12.5. The molecule has 1 saturated carbocycles. The molecule has 0 bridgehead atoms. The molecular formula is C18H20N2O2. The Hall–Kier alpha value is -2.36. The van der Waals surface area contributed by atoms with E-state index in [1.165, 1.54) is 30.8 Å². The number of carbonyl (C=O) groups excluding carboxylic acids is 1. The second-order valence-electron chi connectivity index (χ2n) is 5.99. The van der Waals surface area contributed by atoms with Crippen molar-refractivity contribution < 1.29 is 9.52 Å². The lowest BCUT2D eigenvalue weighted by Gasteiger charge is -2.30. The van der Waals surface area contributed by atoms with E-state index < -0.39 is 0 Å². The van der Waals surface area contributed by atoms with E-state index in [4.69, 9.17) is 0 Å². The fraction of sp³-hybridized carbons (Fsp3) is 0.333. The first-order valence-electron chi connectivity index (χ1n) is 7.72. The van der Waals surface area contributed by atoms with Crippen LogP contribution in [0.5, 0.6) is 0 Å². The van der Waals surface area contributed by atoms with Crippen molar-refractivity contribution in [3.63, 3.8) is 0 Å². The maximum absolute atomic E-state index is 12.3. The van der Waals surface area contributed by atoms with Crippen LogP contribution in [-0.4, -0.2) is 12.5 Å². The van der Waals surface area contributed by atoms with Crippen LogP contribution in [0.25, 0.3) is 0 Å². The Morgan fingerprint density at radius 2 is 1.86 bits per heavy atom. The summed E-state index contributed by atoms with van der Waals surface area (Å²) >= 11 is 0. The minimum atomic E-state index is -0.188. The van der Waals surface area contributed by atoms with Gasteiger partial charge in [-0.1, -0.05) is 43.2 Å². The number of carbonyl (C=O) groups is 1. The van der Waals surface area contributed by atoms with Gasteiger partial charge in [0.15, 0.2) is 12.4 Å². The Morgan fingerprint density at radius 1 is 1.14 bits per heavy atom. The van der Waals surface area contributed by atoms with Crippen molar-refractivity contribution in [2.24, 2.45) is 0 Å². The molecule has 0 saturated heterocycles. The van der Waals surface area contributed by atoms with Gasteiger partial charge in [-0.15, -0.1) is 0 Å². The topological polar surface area (TPSA) is 56.0 Å². The van der Waals surface area contributed by atoms with Crippen molar-refractivity contribution in [3.8, 4) is 0 Å². The molecule has 4 heteroatoms. The lowest BCUT2D eigenvalue weighted by atomic mass is 9.79. The second kappa shape index (κ2) is 6.18. The Morgan fingerprint density at radius 3 is 2.55 bits per heavy atom. The van der Waals surface area contributed by atoms with Crippen molar-refractivity contribution in [1.82, 2.24) is 5.32 Å². The van der Waals surface area contributed by atoms with Gasteiger partial charge in [-0.3, -0.25) is 4.79 Å². The molecule has 114 valence electrons. The molecule has 0 radical (unpaired) electrons. The third-order valence-corrected chi connectivity index (χ3v) is 4.57. The summed E-state index contributed by atoms with van der Waals surface area (Å²) in [5.41, 5.74) is 1.72. The summed E-state index contributed by atoms with van der Waals surface area (Å²) in [4.78, 5) is 12.3. The summed E-state index contributed by atoms with van der Waals surface area (Å²) in [6, 6.07) is 13.7. The molecule has 1 aromatic heterocycles. The lowest BCUT2D eigenvalue weighted by Crippen LogP contribution is -2.39. The summed E-state index contributed by atoms with van der Waals surface area (Å²) in [6.07, 6.45) is 7.24. The number of amides is 1. The van der Waals surface area contributed by atoms with Crippen molar-refractivity contribution in [3.05, 3.63) is 71.2 Å². The van der Waals surface area contributed by atoms with Crippen molar-refractivity contribution in [2.75, 3.05) is 6.54 Å². The highest BCUT2D eigenvalue weighted by Gasteiger charge is 2.35. The molecule has 1 fully saturated rings. The van der Waals surface area contributed by atoms with Gasteiger partial charge in [0, 0.05) is 18.0 Å². The van der Waals surface area contributed by atoms with Crippen LogP contribution in [0, 0.1) is 5.21 Å². The fourth-order valence-corrected chi connectivity index (χ4v) is 3.35. The van der Waals surface area contributed by atoms with Crippen LogP contribution in [0.2, 0.25) is 0 Å². The largest absolute Gasteiger partial charge is 0.619 e. The molecule has 1 N–H and O–H groups in total. The van der Waals surface area contributed by atoms with Crippen molar-refractivity contribution >= 4 is 5.91 Å². The molecule has 0 aliphatic heterocycles. The molecule has 1 aliphatic carbocycles. The summed E-state index contributed by atoms with van der Waals surface area (Å²) in [5.74, 6) is -0.188. The molecule has 0 unspecified atom stereocenters. The number of pyridine rings is 1. The Labute approximate surface area is 130 Å². The molecule has 1 aromatic carbocycles. The molecule has 1 amide bonds. The summed E-state index contributed by atoms with van der Waals surface area (Å²) in [6.45, 7) is 0.615. The highest BCUT2D eigenvalue weighted by Crippen LogP contribution is 2.40. The van der Waals surface area contributed by atoms with Gasteiger partial charge in [-0.25, -0.2) is 0 Å². The average molecular weight is 296 g/mol. The highest BCUT2D eigenvalue weighted by molar-refractivity contribution is 5.93. The molecule has 3 rings (SSSR count). The summed E-state index contributed by atoms with van der Waals surface area (Å²) in [5, 5.41) is 14.3. The second-order valence-corrected chi connectivity index (χ2v) is 5.99. The van der Waals surface area contributed by atoms with Gasteiger partial charge in [0.2, 0.25) is 0 Å². The Kier molecular flexibility index (Phi) is 4.09. The number of rotatable bonds is 4. The molecule has 22 heavy (non-hydrogen) atoms. The molecule has 4 nitrogen and oxygen atoms in total. The van der Waals surface area contributed by atoms with Crippen LogP contribution in [-0.2, 0) is 5.41 Å².